The van der Waals surface area contributed by atoms with Gasteiger partial charge in [0.2, 0.25) is 0 Å². The van der Waals surface area contributed by atoms with Crippen LogP contribution in [0, 0.1) is 17.2 Å². The molecule has 76 valence electrons. The van der Waals surface area contributed by atoms with E-state index in [-0.39, 0.29) is 0 Å². The summed E-state index contributed by atoms with van der Waals surface area (Å²) in [5, 5.41) is 8.39. The van der Waals surface area contributed by atoms with Crippen LogP contribution in [0.5, 0.6) is 0 Å². The maximum atomic E-state index is 8.39. The number of piperidine rings is 1. The third-order valence-electron chi connectivity index (χ3n) is 2.28. The zero-order valence-corrected chi connectivity index (χ0v) is 9.21. The lowest BCUT2D eigenvalue weighted by Gasteiger charge is -2.29. The third kappa shape index (κ3) is 5.65. The van der Waals surface area contributed by atoms with E-state index in [2.05, 4.69) is 17.9 Å². The topological polar surface area (TPSA) is 27.0 Å². The summed E-state index contributed by atoms with van der Waals surface area (Å²) in [4.78, 5) is 2.40. The zero-order chi connectivity index (χ0) is 10.1. The quantitative estimate of drug-likeness (QED) is 0.656. The molecule has 0 radical (unpaired) electrons. The second-order valence-electron chi connectivity index (χ2n) is 3.46. The Morgan fingerprint density at radius 2 is 2.15 bits per heavy atom. The van der Waals surface area contributed by atoms with Crippen molar-refractivity contribution in [1.82, 2.24) is 4.90 Å². The summed E-state index contributed by atoms with van der Waals surface area (Å²) in [5.41, 5.74) is 0. The Morgan fingerprint density at radius 3 is 2.69 bits per heavy atom. The SMILES string of the molecule is CC.CC1CCCN(CCC#N)C1. The maximum Gasteiger partial charge on any atom is 0.0635 e. The minimum absolute atomic E-state index is 0.687. The molecule has 0 aromatic heterocycles. The normalized spacial score (nSPS) is 22.8. The van der Waals surface area contributed by atoms with Gasteiger partial charge in [-0.3, -0.25) is 0 Å². The number of nitrogens with zero attached hydrogens (tertiary/aromatic N) is 2. The number of hydrogen-bond donors (Lipinski definition) is 0. The smallest absolute Gasteiger partial charge is 0.0635 e. The van der Waals surface area contributed by atoms with Crippen molar-refractivity contribution in [1.29, 1.82) is 5.26 Å². The average molecular weight is 182 g/mol. The lowest BCUT2D eigenvalue weighted by Crippen LogP contribution is -2.34. The van der Waals surface area contributed by atoms with Crippen molar-refractivity contribution in [2.75, 3.05) is 19.6 Å². The van der Waals surface area contributed by atoms with Crippen LogP contribution >= 0.6 is 0 Å². The third-order valence-corrected chi connectivity index (χ3v) is 2.28. The summed E-state index contributed by atoms with van der Waals surface area (Å²) in [6, 6.07) is 2.19. The highest BCUT2D eigenvalue weighted by Crippen LogP contribution is 2.14. The first-order valence-corrected chi connectivity index (χ1v) is 5.42. The fraction of sp³-hybridized carbons (Fsp3) is 0.909. The van der Waals surface area contributed by atoms with Gasteiger partial charge < -0.3 is 4.90 Å². The van der Waals surface area contributed by atoms with Crippen molar-refractivity contribution in [2.45, 2.75) is 40.0 Å². The molecule has 1 fully saturated rings. The Bertz CT molecular complexity index is 149. The molecule has 1 heterocycles. The Kier molecular flexibility index (Phi) is 7.73. The Hall–Kier alpha value is -0.550. The van der Waals surface area contributed by atoms with Gasteiger partial charge in [0.15, 0.2) is 0 Å². The van der Waals surface area contributed by atoms with Crippen molar-refractivity contribution >= 4 is 0 Å². The molecule has 2 heteroatoms. The number of nitriles is 1. The first kappa shape index (κ1) is 12.4. The van der Waals surface area contributed by atoms with Gasteiger partial charge in [0.25, 0.3) is 0 Å². The Balaban J connectivity index is 0.000000671. The molecule has 0 aromatic carbocycles. The molecule has 1 rings (SSSR count). The van der Waals surface area contributed by atoms with Gasteiger partial charge in [-0.25, -0.2) is 0 Å². The molecule has 1 atom stereocenters. The molecule has 0 amide bonds. The largest absolute Gasteiger partial charge is 0.302 e. The number of likely N-dealkylation sites (tertiary alicyclic amines) is 1. The van der Waals surface area contributed by atoms with Crippen molar-refractivity contribution in [3.05, 3.63) is 0 Å². The van der Waals surface area contributed by atoms with Crippen LogP contribution < -0.4 is 0 Å². The molecule has 0 aliphatic carbocycles. The van der Waals surface area contributed by atoms with Gasteiger partial charge >= 0.3 is 0 Å². The van der Waals surface area contributed by atoms with Gasteiger partial charge in [-0.1, -0.05) is 20.8 Å². The van der Waals surface area contributed by atoms with Crippen LogP contribution in [-0.4, -0.2) is 24.5 Å². The van der Waals surface area contributed by atoms with Crippen LogP contribution in [0.1, 0.15) is 40.0 Å². The summed E-state index contributed by atoms with van der Waals surface area (Å²) in [5.74, 6) is 0.836. The van der Waals surface area contributed by atoms with E-state index < -0.39 is 0 Å². The monoisotopic (exact) mass is 182 g/mol. The van der Waals surface area contributed by atoms with E-state index in [0.717, 1.165) is 12.5 Å². The van der Waals surface area contributed by atoms with E-state index in [4.69, 9.17) is 5.26 Å². The van der Waals surface area contributed by atoms with Crippen molar-refractivity contribution in [2.24, 2.45) is 5.92 Å². The zero-order valence-electron chi connectivity index (χ0n) is 9.21. The maximum absolute atomic E-state index is 8.39. The average Bonchev–Trinajstić information content (AvgIpc) is 2.18. The van der Waals surface area contributed by atoms with Crippen molar-refractivity contribution < 1.29 is 0 Å². The Morgan fingerprint density at radius 1 is 1.46 bits per heavy atom. The van der Waals surface area contributed by atoms with Gasteiger partial charge in [-0.05, 0) is 25.3 Å². The first-order valence-electron chi connectivity index (χ1n) is 5.42. The van der Waals surface area contributed by atoms with Crippen molar-refractivity contribution in [3.8, 4) is 6.07 Å². The fourth-order valence-electron chi connectivity index (χ4n) is 1.70. The summed E-state index contributed by atoms with van der Waals surface area (Å²) in [6.45, 7) is 9.66. The molecule has 1 saturated heterocycles. The molecule has 0 bridgehead atoms. The molecule has 1 unspecified atom stereocenters. The van der Waals surface area contributed by atoms with E-state index in [1.165, 1.54) is 25.9 Å². The summed E-state index contributed by atoms with van der Waals surface area (Å²) in [6.07, 6.45) is 3.36. The molecule has 13 heavy (non-hydrogen) atoms. The lowest BCUT2D eigenvalue weighted by molar-refractivity contribution is 0.187. The second-order valence-corrected chi connectivity index (χ2v) is 3.46. The van der Waals surface area contributed by atoms with Crippen molar-refractivity contribution in [3.63, 3.8) is 0 Å². The van der Waals surface area contributed by atoms with Gasteiger partial charge in [-0.15, -0.1) is 0 Å². The van der Waals surface area contributed by atoms with E-state index in [1.807, 2.05) is 13.8 Å². The summed E-state index contributed by atoms with van der Waals surface area (Å²) in [7, 11) is 0. The minimum atomic E-state index is 0.687. The highest BCUT2D eigenvalue weighted by molar-refractivity contribution is 4.75. The van der Waals surface area contributed by atoms with Crippen LogP contribution in [0.3, 0.4) is 0 Å². The van der Waals surface area contributed by atoms with Crippen LogP contribution in [-0.2, 0) is 0 Å². The predicted octanol–water partition coefficient (Wildman–Crippen LogP) is 2.66. The van der Waals surface area contributed by atoms with Crippen LogP contribution in [0.15, 0.2) is 0 Å². The van der Waals surface area contributed by atoms with Crippen LogP contribution in [0.4, 0.5) is 0 Å². The molecule has 1 aliphatic heterocycles. The van der Waals surface area contributed by atoms with E-state index in [0.29, 0.717) is 6.42 Å². The number of hydrogen-bond acceptors (Lipinski definition) is 2. The summed E-state index contributed by atoms with van der Waals surface area (Å²) >= 11 is 0. The van der Waals surface area contributed by atoms with Gasteiger partial charge in [-0.2, -0.15) is 5.26 Å². The van der Waals surface area contributed by atoms with E-state index >= 15 is 0 Å². The summed E-state index contributed by atoms with van der Waals surface area (Å²) < 4.78 is 0. The molecule has 0 N–H and O–H groups in total. The highest BCUT2D eigenvalue weighted by Gasteiger charge is 2.14. The minimum Gasteiger partial charge on any atom is -0.302 e. The molecular weight excluding hydrogens is 160 g/mol. The molecule has 1 aliphatic rings. The van der Waals surface area contributed by atoms with Gasteiger partial charge in [0.05, 0.1) is 6.07 Å². The van der Waals surface area contributed by atoms with Gasteiger partial charge in [0, 0.05) is 19.5 Å². The molecule has 2 nitrogen and oxygen atoms in total. The van der Waals surface area contributed by atoms with Gasteiger partial charge in [0.1, 0.15) is 0 Å². The molecule has 0 spiro atoms. The molecular formula is C11H22N2. The fourth-order valence-corrected chi connectivity index (χ4v) is 1.70. The lowest BCUT2D eigenvalue weighted by atomic mass is 10.0. The van der Waals surface area contributed by atoms with Crippen LogP contribution in [0.25, 0.3) is 0 Å². The first-order chi connectivity index (χ1) is 6.33. The number of rotatable bonds is 2. The van der Waals surface area contributed by atoms with E-state index in [9.17, 15) is 0 Å². The molecule has 0 saturated carbocycles. The Labute approximate surface area is 82.5 Å². The second kappa shape index (κ2) is 8.07. The predicted molar refractivity (Wildman–Crippen MR) is 56.4 cm³/mol. The van der Waals surface area contributed by atoms with Crippen LogP contribution in [0.2, 0.25) is 0 Å². The molecule has 0 aromatic rings. The standard InChI is InChI=1S/C9H16N2.C2H6/c1-9-4-2-6-11(8-9)7-3-5-10;1-2/h9H,2-4,6-8H2,1H3;1-2H3. The van der Waals surface area contributed by atoms with E-state index in [1.54, 1.807) is 0 Å². The highest BCUT2D eigenvalue weighted by atomic mass is 15.1.